The highest BCUT2D eigenvalue weighted by Gasteiger charge is 2.42. The van der Waals surface area contributed by atoms with Crippen molar-refractivity contribution >= 4 is 0 Å². The molecule has 9 heteroatoms. The number of nitrogens with one attached hydrogen (secondary N) is 1. The van der Waals surface area contributed by atoms with Crippen molar-refractivity contribution in [1.82, 2.24) is 15.0 Å². The number of ether oxygens (including phenoxy) is 1. The van der Waals surface area contributed by atoms with Crippen LogP contribution in [-0.2, 0) is 4.74 Å². The second-order valence-corrected chi connectivity index (χ2v) is 4.84. The Bertz CT molecular complexity index is 722. The Labute approximate surface area is 116 Å². The smallest absolute Gasteiger partial charge is 0.277 e. The van der Waals surface area contributed by atoms with E-state index in [-0.39, 0.29) is 17.1 Å². The van der Waals surface area contributed by atoms with Crippen LogP contribution in [0.25, 0.3) is 11.5 Å². The van der Waals surface area contributed by atoms with E-state index in [0.29, 0.717) is 0 Å². The van der Waals surface area contributed by atoms with Gasteiger partial charge in [0, 0.05) is 0 Å². The molecule has 21 heavy (non-hydrogen) atoms. The summed E-state index contributed by atoms with van der Waals surface area (Å²) in [6.07, 6.45) is -4.25. The molecule has 0 aromatic carbocycles. The molecule has 0 aliphatic carbocycles. The van der Waals surface area contributed by atoms with Gasteiger partial charge in [-0.1, -0.05) is 0 Å². The molecule has 3 heterocycles. The maximum absolute atomic E-state index is 13.1. The summed E-state index contributed by atoms with van der Waals surface area (Å²) in [4.78, 5) is 20.8. The highest BCUT2D eigenvalue weighted by Crippen LogP contribution is 2.32. The molecule has 112 valence electrons. The van der Waals surface area contributed by atoms with Crippen molar-refractivity contribution in [3.63, 3.8) is 0 Å². The van der Waals surface area contributed by atoms with Gasteiger partial charge in [0.05, 0.1) is 11.7 Å². The van der Waals surface area contributed by atoms with E-state index in [4.69, 9.17) is 4.74 Å². The van der Waals surface area contributed by atoms with E-state index in [2.05, 4.69) is 9.97 Å². The Morgan fingerprint density at radius 1 is 1.29 bits per heavy atom. The predicted molar refractivity (Wildman–Crippen MR) is 64.5 cm³/mol. The van der Waals surface area contributed by atoms with Gasteiger partial charge in [0.15, 0.2) is 5.82 Å². The molecule has 3 N–H and O–H groups in total. The molecule has 3 aliphatic rings. The van der Waals surface area contributed by atoms with Crippen molar-refractivity contribution in [3.05, 3.63) is 33.9 Å². The van der Waals surface area contributed by atoms with Gasteiger partial charge in [-0.25, -0.2) is 4.98 Å². The van der Waals surface area contributed by atoms with Crippen LogP contribution < -0.4 is 5.56 Å². The number of hydrogen-bond acceptors (Lipinski definition) is 6. The summed E-state index contributed by atoms with van der Waals surface area (Å²) in [6.45, 7) is 1.54. The first-order chi connectivity index (χ1) is 9.88. The van der Waals surface area contributed by atoms with E-state index in [0.717, 1.165) is 6.07 Å². The SMILES string of the molecule is C[C@H]1O[C@@H](c2cc3nc(F)c(F)[nH]c-3nc2=O)[C@@H](O)C1O. The minimum atomic E-state index is -1.37. The van der Waals surface area contributed by atoms with E-state index in [1.54, 1.807) is 0 Å². The standard InChI is InChI=1S/C12H11F2N3O4/c1-3-6(18)7(19)8(21-3)4-2-5-11(17-12(4)20)16-10(14)9(13)15-5/h2-3,6-8,18-19H,1H3,(H,16,17,20)/t3-,6?,7+,8+/m1/s1. The summed E-state index contributed by atoms with van der Waals surface area (Å²) in [5.74, 6) is -2.91. The molecule has 0 spiro atoms. The Balaban J connectivity index is 2.13. The maximum atomic E-state index is 13.1. The number of H-pyrrole nitrogens is 1. The third kappa shape index (κ3) is 2.19. The number of nitrogens with zero attached hydrogens (tertiary/aromatic N) is 2. The number of aliphatic hydroxyl groups is 2. The van der Waals surface area contributed by atoms with Crippen molar-refractivity contribution in [2.24, 2.45) is 0 Å². The van der Waals surface area contributed by atoms with Crippen LogP contribution in [0.2, 0.25) is 0 Å². The predicted octanol–water partition coefficient (Wildman–Crippen LogP) is -0.270. The molecule has 3 aliphatic heterocycles. The second-order valence-electron chi connectivity index (χ2n) is 4.84. The molecule has 0 radical (unpaired) electrons. The molecule has 0 aromatic rings. The lowest BCUT2D eigenvalue weighted by molar-refractivity contribution is 0.0143. The van der Waals surface area contributed by atoms with Crippen LogP contribution in [0.4, 0.5) is 8.78 Å². The fourth-order valence-electron chi connectivity index (χ4n) is 2.30. The summed E-state index contributed by atoms with van der Waals surface area (Å²) in [6, 6.07) is 1.16. The number of fused-ring (bicyclic) bond motifs is 1. The lowest BCUT2D eigenvalue weighted by Crippen LogP contribution is -2.30. The molecule has 0 bridgehead atoms. The van der Waals surface area contributed by atoms with E-state index in [1.165, 1.54) is 6.92 Å². The lowest BCUT2D eigenvalue weighted by atomic mass is 10.0. The van der Waals surface area contributed by atoms with Crippen LogP contribution in [0.3, 0.4) is 0 Å². The lowest BCUT2D eigenvalue weighted by Gasteiger charge is -2.15. The molecule has 3 rings (SSSR count). The normalized spacial score (nSPS) is 29.2. The van der Waals surface area contributed by atoms with Gasteiger partial charge >= 0.3 is 0 Å². The zero-order valence-electron chi connectivity index (χ0n) is 10.7. The molecule has 4 atom stereocenters. The van der Waals surface area contributed by atoms with E-state index < -0.39 is 41.9 Å². The zero-order valence-corrected chi connectivity index (χ0v) is 10.7. The molecule has 1 fully saturated rings. The Hall–Kier alpha value is -1.97. The number of rotatable bonds is 1. The first-order valence-corrected chi connectivity index (χ1v) is 6.16. The summed E-state index contributed by atoms with van der Waals surface area (Å²) in [7, 11) is 0. The molecule has 1 saturated heterocycles. The van der Waals surface area contributed by atoms with Crippen molar-refractivity contribution in [2.75, 3.05) is 0 Å². The number of halogens is 2. The van der Waals surface area contributed by atoms with E-state index >= 15 is 0 Å². The van der Waals surface area contributed by atoms with Gasteiger partial charge in [-0.15, -0.1) is 0 Å². The molecular formula is C12H11F2N3O4. The fourth-order valence-corrected chi connectivity index (χ4v) is 2.30. The van der Waals surface area contributed by atoms with Gasteiger partial charge < -0.3 is 19.9 Å². The summed E-state index contributed by atoms with van der Waals surface area (Å²) in [5, 5.41) is 19.5. The van der Waals surface area contributed by atoms with Gasteiger partial charge in [-0.3, -0.25) is 4.79 Å². The van der Waals surface area contributed by atoms with Gasteiger partial charge in [-0.05, 0) is 13.0 Å². The van der Waals surface area contributed by atoms with Gasteiger partial charge in [0.2, 0.25) is 5.95 Å². The summed E-state index contributed by atoms with van der Waals surface area (Å²) >= 11 is 0. The van der Waals surface area contributed by atoms with Gasteiger partial charge in [0.25, 0.3) is 11.5 Å². The minimum absolute atomic E-state index is 0.0784. The van der Waals surface area contributed by atoms with Crippen LogP contribution in [0.15, 0.2) is 10.9 Å². The molecule has 7 nitrogen and oxygen atoms in total. The topological polar surface area (TPSA) is 108 Å². The van der Waals surface area contributed by atoms with Crippen LogP contribution >= 0.6 is 0 Å². The second kappa shape index (κ2) is 4.79. The number of pyridine rings is 1. The number of hydrogen-bond donors (Lipinski definition) is 3. The van der Waals surface area contributed by atoms with Gasteiger partial charge in [-0.2, -0.15) is 13.8 Å². The Morgan fingerprint density at radius 3 is 2.62 bits per heavy atom. The largest absolute Gasteiger partial charge is 0.388 e. The molecule has 0 aromatic heterocycles. The van der Waals surface area contributed by atoms with Crippen LogP contribution in [-0.4, -0.2) is 43.5 Å². The first kappa shape index (κ1) is 14.0. The van der Waals surface area contributed by atoms with Crippen LogP contribution in [0.1, 0.15) is 18.6 Å². The van der Waals surface area contributed by atoms with Crippen LogP contribution in [0.5, 0.6) is 0 Å². The molecule has 0 amide bonds. The quantitative estimate of drug-likeness (QED) is 0.669. The minimum Gasteiger partial charge on any atom is -0.388 e. The van der Waals surface area contributed by atoms with Crippen molar-refractivity contribution in [3.8, 4) is 11.5 Å². The zero-order chi connectivity index (χ0) is 15.3. The summed E-state index contributed by atoms with van der Waals surface area (Å²) in [5.41, 5.74) is -0.949. The number of aromatic nitrogens is 3. The average molecular weight is 299 g/mol. The van der Waals surface area contributed by atoms with Crippen molar-refractivity contribution in [2.45, 2.75) is 31.3 Å². The monoisotopic (exact) mass is 299 g/mol. The third-order valence-electron chi connectivity index (χ3n) is 3.43. The number of aromatic amines is 1. The van der Waals surface area contributed by atoms with E-state index in [1.807, 2.05) is 4.98 Å². The van der Waals surface area contributed by atoms with Crippen LogP contribution in [0, 0.1) is 11.9 Å². The van der Waals surface area contributed by atoms with E-state index in [9.17, 15) is 23.8 Å². The highest BCUT2D eigenvalue weighted by atomic mass is 19.2. The van der Waals surface area contributed by atoms with Crippen molar-refractivity contribution in [1.29, 1.82) is 0 Å². The first-order valence-electron chi connectivity index (χ1n) is 6.16. The molecule has 0 saturated carbocycles. The fraction of sp³-hybridized carbons (Fsp3) is 0.417. The third-order valence-corrected chi connectivity index (χ3v) is 3.43. The molecule has 1 unspecified atom stereocenters. The number of aliphatic hydroxyl groups excluding tert-OH is 2. The summed E-state index contributed by atoms with van der Waals surface area (Å²) < 4.78 is 31.4. The van der Waals surface area contributed by atoms with Gasteiger partial charge in [0.1, 0.15) is 24.0 Å². The average Bonchev–Trinajstić information content (AvgIpc) is 2.68. The Kier molecular flexibility index (Phi) is 3.19. The molecular weight excluding hydrogens is 288 g/mol. The Morgan fingerprint density at radius 2 is 2.00 bits per heavy atom. The van der Waals surface area contributed by atoms with Crippen molar-refractivity contribution < 1.29 is 23.7 Å². The highest BCUT2D eigenvalue weighted by molar-refractivity contribution is 5.51. The maximum Gasteiger partial charge on any atom is 0.277 e.